The minimum absolute atomic E-state index is 0.0610. The molecule has 5 heteroatoms. The lowest BCUT2D eigenvalue weighted by atomic mass is 10.1. The van der Waals surface area contributed by atoms with Crippen LogP contribution in [-0.2, 0) is 0 Å². The molecule has 0 aliphatic carbocycles. The van der Waals surface area contributed by atoms with Crippen molar-refractivity contribution in [1.29, 1.82) is 5.41 Å². The van der Waals surface area contributed by atoms with E-state index in [9.17, 15) is 0 Å². The van der Waals surface area contributed by atoms with Crippen molar-refractivity contribution in [2.45, 2.75) is 31.7 Å². The summed E-state index contributed by atoms with van der Waals surface area (Å²) in [7, 11) is 0. The number of rotatable bonds is 5. The predicted molar refractivity (Wildman–Crippen MR) is 71.9 cm³/mol. The Morgan fingerprint density at radius 1 is 1.61 bits per heavy atom. The van der Waals surface area contributed by atoms with E-state index < -0.39 is 0 Å². The van der Waals surface area contributed by atoms with Crippen LogP contribution in [0, 0.1) is 5.41 Å². The van der Waals surface area contributed by atoms with E-state index in [0.717, 1.165) is 38.0 Å². The zero-order valence-corrected chi connectivity index (χ0v) is 10.5. The molecule has 5 nitrogen and oxygen atoms in total. The van der Waals surface area contributed by atoms with Crippen LogP contribution in [0.5, 0.6) is 0 Å². The Balaban J connectivity index is 2.21. The number of nitrogens with two attached hydrogens (primary N) is 1. The summed E-state index contributed by atoms with van der Waals surface area (Å²) in [6, 6.07) is 4.05. The maximum Gasteiger partial charge on any atom is 0.139 e. The van der Waals surface area contributed by atoms with Crippen LogP contribution in [0.4, 0.5) is 5.82 Å². The van der Waals surface area contributed by atoms with Gasteiger partial charge in [-0.15, -0.1) is 0 Å². The average Bonchev–Trinajstić information content (AvgIpc) is 2.84. The van der Waals surface area contributed by atoms with Gasteiger partial charge in [0.25, 0.3) is 0 Å². The molecule has 1 aliphatic rings. The lowest BCUT2D eigenvalue weighted by Gasteiger charge is -2.27. The molecule has 1 aliphatic heterocycles. The number of hydrogen-bond donors (Lipinski definition) is 3. The third kappa shape index (κ3) is 2.61. The van der Waals surface area contributed by atoms with Gasteiger partial charge in [-0.2, -0.15) is 0 Å². The van der Waals surface area contributed by atoms with Crippen LogP contribution in [0.1, 0.15) is 31.2 Å². The van der Waals surface area contributed by atoms with Crippen molar-refractivity contribution >= 4 is 11.7 Å². The fourth-order valence-corrected chi connectivity index (χ4v) is 2.58. The second-order valence-electron chi connectivity index (χ2n) is 4.64. The highest BCUT2D eigenvalue weighted by atomic mass is 16.2. The van der Waals surface area contributed by atoms with Crippen LogP contribution < -0.4 is 10.6 Å². The number of amidine groups is 1. The Kier molecular flexibility index (Phi) is 4.15. The number of aromatic nitrogens is 1. The van der Waals surface area contributed by atoms with Crippen LogP contribution in [0.3, 0.4) is 0 Å². The maximum atomic E-state index is 8.94. The summed E-state index contributed by atoms with van der Waals surface area (Å²) in [5, 5.41) is 16.6. The summed E-state index contributed by atoms with van der Waals surface area (Å²) >= 11 is 0. The zero-order valence-electron chi connectivity index (χ0n) is 10.5. The van der Waals surface area contributed by atoms with Crippen LogP contribution >= 0.6 is 0 Å². The molecular weight excluding hydrogens is 228 g/mol. The van der Waals surface area contributed by atoms with Gasteiger partial charge in [-0.05, 0) is 37.8 Å². The molecule has 1 saturated heterocycles. The largest absolute Gasteiger partial charge is 0.396 e. The molecule has 0 spiro atoms. The van der Waals surface area contributed by atoms with Gasteiger partial charge in [0.15, 0.2) is 0 Å². The molecule has 98 valence electrons. The molecule has 1 aromatic rings. The Hall–Kier alpha value is -1.62. The Morgan fingerprint density at radius 2 is 2.44 bits per heavy atom. The number of nitrogens with one attached hydrogen (secondary N) is 1. The van der Waals surface area contributed by atoms with E-state index in [0.29, 0.717) is 11.6 Å². The molecule has 1 atom stereocenters. The van der Waals surface area contributed by atoms with Gasteiger partial charge in [0.1, 0.15) is 11.7 Å². The van der Waals surface area contributed by atoms with Crippen LogP contribution in [0.2, 0.25) is 0 Å². The molecule has 2 rings (SSSR count). The number of nitrogen functional groups attached to an aromatic ring is 1. The van der Waals surface area contributed by atoms with Gasteiger partial charge in [-0.3, -0.25) is 5.41 Å². The van der Waals surface area contributed by atoms with Crippen molar-refractivity contribution in [3.63, 3.8) is 0 Å². The number of nitrogens with zero attached hydrogens (tertiary/aromatic N) is 2. The van der Waals surface area contributed by atoms with E-state index in [1.807, 2.05) is 6.07 Å². The van der Waals surface area contributed by atoms with E-state index in [2.05, 4.69) is 9.88 Å². The van der Waals surface area contributed by atoms with Crippen molar-refractivity contribution in [3.05, 3.63) is 23.9 Å². The molecule has 0 radical (unpaired) electrons. The second kappa shape index (κ2) is 5.82. The smallest absolute Gasteiger partial charge is 0.139 e. The van der Waals surface area contributed by atoms with Gasteiger partial charge in [-0.1, -0.05) is 0 Å². The van der Waals surface area contributed by atoms with Gasteiger partial charge in [-0.25, -0.2) is 4.98 Å². The molecule has 18 heavy (non-hydrogen) atoms. The van der Waals surface area contributed by atoms with Crippen LogP contribution in [0.25, 0.3) is 0 Å². The molecule has 1 fully saturated rings. The highest BCUT2D eigenvalue weighted by Crippen LogP contribution is 2.28. The molecular formula is C13H20N4O. The predicted octanol–water partition coefficient (Wildman–Crippen LogP) is 1.11. The van der Waals surface area contributed by atoms with Gasteiger partial charge in [0, 0.05) is 25.4 Å². The van der Waals surface area contributed by atoms with Crippen molar-refractivity contribution in [3.8, 4) is 0 Å². The SMILES string of the molecule is N=C(N)c1cccnc1N1CCCC1CCCO. The Bertz CT molecular complexity index is 421. The van der Waals surface area contributed by atoms with Crippen LogP contribution in [-0.4, -0.2) is 35.1 Å². The Morgan fingerprint density at radius 3 is 3.17 bits per heavy atom. The topological polar surface area (TPSA) is 86.2 Å². The highest BCUT2D eigenvalue weighted by molar-refractivity contribution is 5.99. The third-order valence-corrected chi connectivity index (χ3v) is 3.42. The van der Waals surface area contributed by atoms with Gasteiger partial charge in [0.05, 0.1) is 5.56 Å². The summed E-state index contributed by atoms with van der Waals surface area (Å²) in [5.41, 5.74) is 6.31. The molecule has 2 heterocycles. The third-order valence-electron chi connectivity index (χ3n) is 3.42. The van der Waals surface area contributed by atoms with Crippen molar-refractivity contribution in [2.24, 2.45) is 5.73 Å². The summed E-state index contributed by atoms with van der Waals surface area (Å²) in [6.07, 6.45) is 5.76. The normalized spacial score (nSPS) is 19.2. The summed E-state index contributed by atoms with van der Waals surface area (Å²) in [5.74, 6) is 0.872. The fourth-order valence-electron chi connectivity index (χ4n) is 2.58. The van der Waals surface area contributed by atoms with Gasteiger partial charge in [0.2, 0.25) is 0 Å². The molecule has 0 amide bonds. The van der Waals surface area contributed by atoms with Gasteiger partial charge >= 0.3 is 0 Å². The first kappa shape index (κ1) is 12.8. The summed E-state index contributed by atoms with van der Waals surface area (Å²) < 4.78 is 0. The lowest BCUT2D eigenvalue weighted by molar-refractivity contribution is 0.279. The van der Waals surface area contributed by atoms with Crippen molar-refractivity contribution in [2.75, 3.05) is 18.1 Å². The number of pyridine rings is 1. The molecule has 0 aromatic carbocycles. The molecule has 1 aromatic heterocycles. The zero-order chi connectivity index (χ0) is 13.0. The second-order valence-corrected chi connectivity index (χ2v) is 4.64. The first-order valence-electron chi connectivity index (χ1n) is 6.41. The summed E-state index contributed by atoms with van der Waals surface area (Å²) in [4.78, 5) is 6.61. The molecule has 0 saturated carbocycles. The standard InChI is InChI=1S/C13H20N4O/c14-12(15)11-6-1-7-16-13(11)17-8-2-4-10(17)5-3-9-18/h1,6-7,10,18H,2-5,8-9H2,(H3,14,15). The fraction of sp³-hybridized carbons (Fsp3) is 0.538. The quantitative estimate of drug-likeness (QED) is 0.538. The van der Waals surface area contributed by atoms with Crippen molar-refractivity contribution in [1.82, 2.24) is 4.98 Å². The minimum atomic E-state index is 0.0610. The Labute approximate surface area is 107 Å². The van der Waals surface area contributed by atoms with Crippen LogP contribution in [0.15, 0.2) is 18.3 Å². The molecule has 0 bridgehead atoms. The first-order valence-corrected chi connectivity index (χ1v) is 6.41. The van der Waals surface area contributed by atoms with E-state index in [4.69, 9.17) is 16.2 Å². The number of aliphatic hydroxyl groups is 1. The van der Waals surface area contributed by atoms with Crippen molar-refractivity contribution < 1.29 is 5.11 Å². The average molecular weight is 248 g/mol. The number of hydrogen-bond acceptors (Lipinski definition) is 4. The van der Waals surface area contributed by atoms with E-state index in [1.165, 1.54) is 0 Å². The van der Waals surface area contributed by atoms with E-state index in [-0.39, 0.29) is 12.4 Å². The number of aliphatic hydroxyl groups excluding tert-OH is 1. The minimum Gasteiger partial charge on any atom is -0.396 e. The molecule has 1 unspecified atom stereocenters. The first-order chi connectivity index (χ1) is 8.74. The summed E-state index contributed by atoms with van der Waals surface area (Å²) in [6.45, 7) is 1.18. The maximum absolute atomic E-state index is 8.94. The molecule has 4 N–H and O–H groups in total. The monoisotopic (exact) mass is 248 g/mol. The lowest BCUT2D eigenvalue weighted by Crippen LogP contribution is -2.32. The van der Waals surface area contributed by atoms with Gasteiger partial charge < -0.3 is 15.7 Å². The van der Waals surface area contributed by atoms with E-state index in [1.54, 1.807) is 12.3 Å². The van der Waals surface area contributed by atoms with E-state index >= 15 is 0 Å². The number of anilines is 1. The highest BCUT2D eigenvalue weighted by Gasteiger charge is 2.27.